The van der Waals surface area contributed by atoms with Gasteiger partial charge in [-0.2, -0.15) is 0 Å². The number of likely N-dealkylation sites (tertiary alicyclic amines) is 1. The molecule has 2 aliphatic rings. The first-order valence-corrected chi connectivity index (χ1v) is 11.4. The molecular weight excluding hydrogens is 372 g/mol. The van der Waals surface area contributed by atoms with Crippen LogP contribution < -0.4 is 5.32 Å². The molecule has 1 fully saturated rings. The topological polar surface area (TPSA) is 49.4 Å². The fourth-order valence-corrected chi connectivity index (χ4v) is 4.57. The second-order valence-electron chi connectivity index (χ2n) is 8.70. The molecule has 1 aliphatic carbocycles. The van der Waals surface area contributed by atoms with Crippen LogP contribution in [-0.2, 0) is 24.2 Å². The minimum absolute atomic E-state index is 0.0513. The number of nitrogens with zero attached hydrogens (tertiary/aromatic N) is 1. The number of carbonyl (C=O) groups is 2. The third-order valence-electron chi connectivity index (χ3n) is 6.34. The van der Waals surface area contributed by atoms with Gasteiger partial charge in [-0.1, -0.05) is 30.7 Å². The smallest absolute Gasteiger partial charge is 0.224 e. The maximum absolute atomic E-state index is 12.5. The summed E-state index contributed by atoms with van der Waals surface area (Å²) in [5, 5.41) is 2.92. The highest BCUT2D eigenvalue weighted by molar-refractivity contribution is 6.00. The van der Waals surface area contributed by atoms with Crippen molar-refractivity contribution in [1.29, 1.82) is 0 Å². The molecule has 4 rings (SSSR count). The molecule has 0 radical (unpaired) electrons. The fraction of sp³-hybridized carbons (Fsp3) is 0.462. The summed E-state index contributed by atoms with van der Waals surface area (Å²) in [7, 11) is 0. The Morgan fingerprint density at radius 2 is 1.53 bits per heavy atom. The lowest BCUT2D eigenvalue weighted by molar-refractivity contribution is -0.116. The van der Waals surface area contributed by atoms with Gasteiger partial charge < -0.3 is 5.32 Å². The van der Waals surface area contributed by atoms with Gasteiger partial charge in [0.1, 0.15) is 0 Å². The molecule has 0 spiro atoms. The summed E-state index contributed by atoms with van der Waals surface area (Å²) in [4.78, 5) is 27.3. The predicted molar refractivity (Wildman–Crippen MR) is 121 cm³/mol. The van der Waals surface area contributed by atoms with Gasteiger partial charge in [0.05, 0.1) is 0 Å². The van der Waals surface area contributed by atoms with Gasteiger partial charge in [0.25, 0.3) is 0 Å². The quantitative estimate of drug-likeness (QED) is 0.649. The standard InChI is InChI=1S/C26H32N2O2/c29-25(23-11-10-21-6-2-3-7-22(21)18-23)14-15-26(30)27-24-12-8-20(9-13-24)19-28-16-4-1-5-17-28/h8-13,18H,1-7,14-17,19H2,(H,27,30). The Labute approximate surface area is 179 Å². The van der Waals surface area contributed by atoms with Crippen LogP contribution in [0.5, 0.6) is 0 Å². The van der Waals surface area contributed by atoms with Gasteiger partial charge >= 0.3 is 0 Å². The van der Waals surface area contributed by atoms with Gasteiger partial charge in [0, 0.05) is 30.6 Å². The summed E-state index contributed by atoms with van der Waals surface area (Å²) in [5.74, 6) is -0.0551. The fourth-order valence-electron chi connectivity index (χ4n) is 4.57. The highest BCUT2D eigenvalue weighted by Crippen LogP contribution is 2.23. The summed E-state index contributed by atoms with van der Waals surface area (Å²) in [6.07, 6.45) is 8.99. The molecule has 2 aromatic carbocycles. The van der Waals surface area contributed by atoms with E-state index in [4.69, 9.17) is 0 Å². The number of ketones is 1. The maximum Gasteiger partial charge on any atom is 0.224 e. The zero-order valence-electron chi connectivity index (χ0n) is 17.8. The molecule has 1 aliphatic heterocycles. The monoisotopic (exact) mass is 404 g/mol. The highest BCUT2D eigenvalue weighted by atomic mass is 16.2. The SMILES string of the molecule is O=C(CCC(=O)c1ccc2c(c1)CCCC2)Nc1ccc(CN2CCCCC2)cc1. The van der Waals surface area contributed by atoms with Gasteiger partial charge in [-0.25, -0.2) is 0 Å². The van der Waals surface area contributed by atoms with E-state index in [0.717, 1.165) is 30.6 Å². The number of anilines is 1. The van der Waals surface area contributed by atoms with Crippen molar-refractivity contribution < 1.29 is 9.59 Å². The van der Waals surface area contributed by atoms with Crippen molar-refractivity contribution in [1.82, 2.24) is 4.90 Å². The number of piperidine rings is 1. The molecule has 1 N–H and O–H groups in total. The summed E-state index contributed by atoms with van der Waals surface area (Å²) in [6, 6.07) is 14.1. The van der Waals surface area contributed by atoms with Crippen molar-refractivity contribution in [3.8, 4) is 0 Å². The van der Waals surface area contributed by atoms with Gasteiger partial charge in [0.2, 0.25) is 5.91 Å². The summed E-state index contributed by atoms with van der Waals surface area (Å²) >= 11 is 0. The third-order valence-corrected chi connectivity index (χ3v) is 6.34. The zero-order chi connectivity index (χ0) is 20.8. The average molecular weight is 405 g/mol. The normalized spacial score (nSPS) is 16.7. The second-order valence-corrected chi connectivity index (χ2v) is 8.70. The molecule has 158 valence electrons. The summed E-state index contributed by atoms with van der Waals surface area (Å²) < 4.78 is 0. The predicted octanol–water partition coefficient (Wildman–Crippen LogP) is 5.15. The Kier molecular flexibility index (Phi) is 6.96. The lowest BCUT2D eigenvalue weighted by Crippen LogP contribution is -2.29. The van der Waals surface area contributed by atoms with Crippen LogP contribution >= 0.6 is 0 Å². The van der Waals surface area contributed by atoms with Crippen molar-refractivity contribution in [2.24, 2.45) is 0 Å². The van der Waals surface area contributed by atoms with Crippen LogP contribution in [0.4, 0.5) is 5.69 Å². The van der Waals surface area contributed by atoms with E-state index < -0.39 is 0 Å². The largest absolute Gasteiger partial charge is 0.326 e. The highest BCUT2D eigenvalue weighted by Gasteiger charge is 2.14. The minimum atomic E-state index is -0.106. The van der Waals surface area contributed by atoms with E-state index in [1.165, 1.54) is 61.9 Å². The van der Waals surface area contributed by atoms with Crippen LogP contribution in [0.15, 0.2) is 42.5 Å². The number of rotatable bonds is 7. The van der Waals surface area contributed by atoms with Crippen LogP contribution in [0.1, 0.15) is 72.0 Å². The molecule has 0 atom stereocenters. The van der Waals surface area contributed by atoms with Crippen molar-refractivity contribution in [3.63, 3.8) is 0 Å². The molecule has 1 saturated heterocycles. The molecule has 4 heteroatoms. The van der Waals surface area contributed by atoms with Crippen molar-refractivity contribution in [3.05, 3.63) is 64.7 Å². The van der Waals surface area contributed by atoms with E-state index >= 15 is 0 Å². The molecule has 1 amide bonds. The van der Waals surface area contributed by atoms with Crippen LogP contribution in [0.25, 0.3) is 0 Å². The van der Waals surface area contributed by atoms with Crippen LogP contribution in [0.2, 0.25) is 0 Å². The van der Waals surface area contributed by atoms with Crippen LogP contribution in [0.3, 0.4) is 0 Å². The lowest BCUT2D eigenvalue weighted by Gasteiger charge is -2.26. The minimum Gasteiger partial charge on any atom is -0.326 e. The molecule has 0 unspecified atom stereocenters. The number of carbonyl (C=O) groups excluding carboxylic acids is 2. The first kappa shape index (κ1) is 20.8. The molecule has 4 nitrogen and oxygen atoms in total. The number of hydrogen-bond acceptors (Lipinski definition) is 3. The summed E-state index contributed by atoms with van der Waals surface area (Å²) in [6.45, 7) is 3.33. The second kappa shape index (κ2) is 10.0. The van der Waals surface area contributed by atoms with E-state index in [9.17, 15) is 9.59 Å². The van der Waals surface area contributed by atoms with Crippen LogP contribution in [-0.4, -0.2) is 29.7 Å². The first-order chi connectivity index (χ1) is 14.7. The Hall–Kier alpha value is -2.46. The number of aryl methyl sites for hydroxylation is 2. The van der Waals surface area contributed by atoms with Gasteiger partial charge in [-0.3, -0.25) is 14.5 Å². The van der Waals surface area contributed by atoms with E-state index in [2.05, 4.69) is 28.4 Å². The van der Waals surface area contributed by atoms with E-state index in [-0.39, 0.29) is 24.5 Å². The number of benzene rings is 2. The molecule has 0 bridgehead atoms. The Morgan fingerprint density at radius 3 is 2.30 bits per heavy atom. The number of Topliss-reactive ketones (excluding diaryl/α,β-unsaturated/α-hetero) is 1. The zero-order valence-corrected chi connectivity index (χ0v) is 17.8. The molecule has 0 aromatic heterocycles. The van der Waals surface area contributed by atoms with Gasteiger partial charge in [0.15, 0.2) is 5.78 Å². The van der Waals surface area contributed by atoms with Gasteiger partial charge in [-0.15, -0.1) is 0 Å². The third kappa shape index (κ3) is 5.57. The van der Waals surface area contributed by atoms with E-state index in [0.29, 0.717) is 0 Å². The average Bonchev–Trinajstić information content (AvgIpc) is 2.79. The van der Waals surface area contributed by atoms with E-state index in [1.807, 2.05) is 24.3 Å². The summed E-state index contributed by atoms with van der Waals surface area (Å²) in [5.41, 5.74) is 5.49. The molecule has 30 heavy (non-hydrogen) atoms. The lowest BCUT2D eigenvalue weighted by atomic mass is 9.89. The number of nitrogens with one attached hydrogen (secondary N) is 1. The van der Waals surface area contributed by atoms with Crippen LogP contribution in [0, 0.1) is 0 Å². The number of hydrogen-bond donors (Lipinski definition) is 1. The molecule has 0 saturated carbocycles. The maximum atomic E-state index is 12.5. The van der Waals surface area contributed by atoms with Crippen molar-refractivity contribution >= 4 is 17.4 Å². The van der Waals surface area contributed by atoms with E-state index in [1.54, 1.807) is 0 Å². The van der Waals surface area contributed by atoms with Crippen molar-refractivity contribution in [2.75, 3.05) is 18.4 Å². The number of amides is 1. The number of fused-ring (bicyclic) bond motifs is 1. The Morgan fingerprint density at radius 1 is 0.800 bits per heavy atom. The Bertz CT molecular complexity index is 882. The molecule has 2 aromatic rings. The molecular formula is C26H32N2O2. The Balaban J connectivity index is 1.24. The molecule has 1 heterocycles. The van der Waals surface area contributed by atoms with Gasteiger partial charge in [-0.05, 0) is 86.5 Å². The first-order valence-electron chi connectivity index (χ1n) is 11.4. The van der Waals surface area contributed by atoms with Crippen molar-refractivity contribution in [2.45, 2.75) is 64.3 Å².